The zero-order valence-electron chi connectivity index (χ0n) is 11.5. The topological polar surface area (TPSA) is 21.3 Å². The van der Waals surface area contributed by atoms with Gasteiger partial charge in [0.1, 0.15) is 5.75 Å². The molecule has 20 heavy (non-hydrogen) atoms. The molecule has 0 bridgehead atoms. The lowest BCUT2D eigenvalue weighted by atomic mass is 10.1. The molecule has 0 fully saturated rings. The van der Waals surface area contributed by atoms with Crippen molar-refractivity contribution in [1.82, 2.24) is 0 Å². The number of halogens is 2. The molecule has 2 aromatic rings. The first-order valence-electron chi connectivity index (χ1n) is 6.55. The summed E-state index contributed by atoms with van der Waals surface area (Å²) in [7, 11) is 0. The summed E-state index contributed by atoms with van der Waals surface area (Å²) in [6.07, 6.45) is 0. The number of hydrogen-bond acceptors (Lipinski definition) is 2. The van der Waals surface area contributed by atoms with Crippen LogP contribution in [0, 0.1) is 3.57 Å². The molecule has 1 N–H and O–H groups in total. The molecule has 0 saturated heterocycles. The van der Waals surface area contributed by atoms with E-state index in [0.29, 0.717) is 6.61 Å². The zero-order chi connectivity index (χ0) is 14.5. The monoisotopic (exact) mass is 401 g/mol. The molecule has 2 aromatic carbocycles. The average Bonchev–Trinajstić information content (AvgIpc) is 2.43. The van der Waals surface area contributed by atoms with Crippen molar-refractivity contribution in [2.24, 2.45) is 0 Å². The summed E-state index contributed by atoms with van der Waals surface area (Å²) in [5.41, 5.74) is 2.06. The molecule has 0 spiro atoms. The van der Waals surface area contributed by atoms with E-state index in [1.54, 1.807) is 0 Å². The highest BCUT2D eigenvalue weighted by Crippen LogP contribution is 2.31. The van der Waals surface area contributed by atoms with Crippen LogP contribution in [0.4, 0.5) is 5.69 Å². The summed E-state index contributed by atoms with van der Waals surface area (Å²) in [5, 5.41) is 4.17. The Labute approximate surface area is 138 Å². The molecule has 0 heterocycles. The van der Waals surface area contributed by atoms with Crippen molar-refractivity contribution in [2.45, 2.75) is 19.9 Å². The molecule has 2 nitrogen and oxygen atoms in total. The second-order valence-electron chi connectivity index (χ2n) is 4.46. The van der Waals surface area contributed by atoms with Crippen LogP contribution in [0.25, 0.3) is 0 Å². The molecule has 1 unspecified atom stereocenters. The summed E-state index contributed by atoms with van der Waals surface area (Å²) >= 11 is 8.51. The van der Waals surface area contributed by atoms with E-state index < -0.39 is 0 Å². The van der Waals surface area contributed by atoms with Crippen molar-refractivity contribution in [3.8, 4) is 5.75 Å². The second-order valence-corrected chi connectivity index (χ2v) is 6.11. The highest BCUT2D eigenvalue weighted by Gasteiger charge is 2.12. The fraction of sp³-hybridized carbons (Fsp3) is 0.250. The van der Waals surface area contributed by atoms with Crippen LogP contribution in [0.1, 0.15) is 25.5 Å². The highest BCUT2D eigenvalue weighted by atomic mass is 127. The normalized spacial score (nSPS) is 12.0. The number of nitrogens with one attached hydrogen (secondary N) is 1. The molecule has 0 aliphatic rings. The van der Waals surface area contributed by atoms with Crippen molar-refractivity contribution in [2.75, 3.05) is 11.9 Å². The van der Waals surface area contributed by atoms with Crippen molar-refractivity contribution < 1.29 is 4.74 Å². The van der Waals surface area contributed by atoms with Gasteiger partial charge in [0.05, 0.1) is 23.4 Å². The van der Waals surface area contributed by atoms with Crippen LogP contribution in [-0.2, 0) is 0 Å². The van der Waals surface area contributed by atoms with E-state index >= 15 is 0 Å². The predicted octanol–water partition coefficient (Wildman–Crippen LogP) is 5.52. The first kappa shape index (κ1) is 15.4. The van der Waals surface area contributed by atoms with Gasteiger partial charge in [0, 0.05) is 9.13 Å². The van der Waals surface area contributed by atoms with Gasteiger partial charge in [-0.1, -0.05) is 29.8 Å². The summed E-state index contributed by atoms with van der Waals surface area (Å²) in [6, 6.07) is 14.2. The van der Waals surface area contributed by atoms with Crippen molar-refractivity contribution >= 4 is 39.9 Å². The summed E-state index contributed by atoms with van der Waals surface area (Å²) in [4.78, 5) is 0. The van der Waals surface area contributed by atoms with Crippen LogP contribution in [0.15, 0.2) is 42.5 Å². The van der Waals surface area contributed by atoms with Gasteiger partial charge in [-0.05, 0) is 60.7 Å². The van der Waals surface area contributed by atoms with Crippen molar-refractivity contribution in [3.05, 3.63) is 56.6 Å². The molecule has 0 aromatic heterocycles. The Hall–Kier alpha value is -0.940. The standard InChI is InChI=1S/C16H17ClINO/c1-3-20-16-7-5-4-6-13(16)11(2)19-15-9-8-12(18)10-14(15)17/h4-11,19H,3H2,1-2H3. The Bertz CT molecular complexity index is 588. The third-order valence-corrected chi connectivity index (χ3v) is 3.97. The summed E-state index contributed by atoms with van der Waals surface area (Å²) in [6.45, 7) is 4.76. The smallest absolute Gasteiger partial charge is 0.124 e. The number of hydrogen-bond donors (Lipinski definition) is 1. The summed E-state index contributed by atoms with van der Waals surface area (Å²) < 4.78 is 6.80. The van der Waals surface area contributed by atoms with Gasteiger partial charge in [-0.2, -0.15) is 0 Å². The first-order valence-corrected chi connectivity index (χ1v) is 8.00. The Morgan fingerprint density at radius 2 is 2.00 bits per heavy atom. The Balaban J connectivity index is 2.21. The molecular weight excluding hydrogens is 385 g/mol. The Morgan fingerprint density at radius 3 is 2.70 bits per heavy atom. The SMILES string of the molecule is CCOc1ccccc1C(C)Nc1ccc(I)cc1Cl. The lowest BCUT2D eigenvalue weighted by molar-refractivity contribution is 0.335. The molecular formula is C16H17ClINO. The lowest BCUT2D eigenvalue weighted by Crippen LogP contribution is -2.09. The minimum absolute atomic E-state index is 0.121. The maximum Gasteiger partial charge on any atom is 0.124 e. The summed E-state index contributed by atoms with van der Waals surface area (Å²) in [5.74, 6) is 0.914. The third-order valence-electron chi connectivity index (χ3n) is 2.99. The zero-order valence-corrected chi connectivity index (χ0v) is 14.4. The average molecular weight is 402 g/mol. The largest absolute Gasteiger partial charge is 0.494 e. The Kier molecular flexibility index (Phi) is 5.54. The van der Waals surface area contributed by atoms with Crippen molar-refractivity contribution in [3.63, 3.8) is 0 Å². The quantitative estimate of drug-likeness (QED) is 0.666. The van der Waals surface area contributed by atoms with Gasteiger partial charge < -0.3 is 10.1 Å². The minimum atomic E-state index is 0.121. The minimum Gasteiger partial charge on any atom is -0.494 e. The lowest BCUT2D eigenvalue weighted by Gasteiger charge is -2.19. The maximum atomic E-state index is 6.26. The molecule has 4 heteroatoms. The van der Waals surface area contributed by atoms with Gasteiger partial charge >= 0.3 is 0 Å². The molecule has 0 aliphatic carbocycles. The van der Waals surface area contributed by atoms with E-state index in [9.17, 15) is 0 Å². The molecule has 2 rings (SSSR count). The van der Waals surface area contributed by atoms with Gasteiger partial charge in [-0.3, -0.25) is 0 Å². The fourth-order valence-corrected chi connectivity index (χ4v) is 2.95. The van der Waals surface area contributed by atoms with Crippen LogP contribution in [0.3, 0.4) is 0 Å². The van der Waals surface area contributed by atoms with E-state index in [4.69, 9.17) is 16.3 Å². The van der Waals surface area contributed by atoms with Gasteiger partial charge in [-0.25, -0.2) is 0 Å². The first-order chi connectivity index (χ1) is 9.61. The fourth-order valence-electron chi connectivity index (χ4n) is 2.04. The number of rotatable bonds is 5. The van der Waals surface area contributed by atoms with E-state index in [1.807, 2.05) is 43.3 Å². The van der Waals surface area contributed by atoms with Crippen LogP contribution < -0.4 is 10.1 Å². The number of benzene rings is 2. The maximum absolute atomic E-state index is 6.26. The van der Waals surface area contributed by atoms with Gasteiger partial charge in [0.15, 0.2) is 0 Å². The van der Waals surface area contributed by atoms with Gasteiger partial charge in [0.2, 0.25) is 0 Å². The number of anilines is 1. The molecule has 0 amide bonds. The van der Waals surface area contributed by atoms with Gasteiger partial charge in [-0.15, -0.1) is 0 Å². The molecule has 106 valence electrons. The Morgan fingerprint density at radius 1 is 1.25 bits per heavy atom. The van der Waals surface area contributed by atoms with E-state index in [2.05, 4.69) is 40.9 Å². The van der Waals surface area contributed by atoms with Gasteiger partial charge in [0.25, 0.3) is 0 Å². The second kappa shape index (κ2) is 7.18. The molecule has 0 saturated carbocycles. The van der Waals surface area contributed by atoms with Crippen LogP contribution in [-0.4, -0.2) is 6.61 Å². The van der Waals surface area contributed by atoms with Crippen LogP contribution in [0.2, 0.25) is 5.02 Å². The number of para-hydroxylation sites is 1. The molecule has 1 atom stereocenters. The predicted molar refractivity (Wildman–Crippen MR) is 93.8 cm³/mol. The number of ether oxygens (including phenoxy) is 1. The van der Waals surface area contributed by atoms with E-state index in [-0.39, 0.29) is 6.04 Å². The molecule has 0 aliphatic heterocycles. The van der Waals surface area contributed by atoms with E-state index in [0.717, 1.165) is 25.6 Å². The third kappa shape index (κ3) is 3.79. The van der Waals surface area contributed by atoms with Crippen LogP contribution in [0.5, 0.6) is 5.75 Å². The van der Waals surface area contributed by atoms with E-state index in [1.165, 1.54) is 0 Å². The van der Waals surface area contributed by atoms with Crippen LogP contribution >= 0.6 is 34.2 Å². The highest BCUT2D eigenvalue weighted by molar-refractivity contribution is 14.1. The molecule has 0 radical (unpaired) electrons. The van der Waals surface area contributed by atoms with Crippen molar-refractivity contribution in [1.29, 1.82) is 0 Å².